The quantitative estimate of drug-likeness (QED) is 0.802. The predicted octanol–water partition coefficient (Wildman–Crippen LogP) is 2.75. The Morgan fingerprint density at radius 3 is 2.81 bits per heavy atom. The number of nitrogens with zero attached hydrogens (tertiary/aromatic N) is 2. The van der Waals surface area contributed by atoms with Crippen LogP contribution >= 0.6 is 0 Å². The Kier molecular flexibility index (Phi) is 3.58. The number of fused-ring (bicyclic) bond motifs is 1. The molecule has 1 heterocycles. The van der Waals surface area contributed by atoms with Gasteiger partial charge in [-0.3, -0.25) is 4.68 Å². The van der Waals surface area contributed by atoms with Crippen molar-refractivity contribution in [2.24, 2.45) is 12.8 Å². The van der Waals surface area contributed by atoms with Gasteiger partial charge in [0.2, 0.25) is 0 Å². The molecule has 0 saturated carbocycles. The molecule has 0 atom stereocenters. The molecule has 0 bridgehead atoms. The van der Waals surface area contributed by atoms with Crippen LogP contribution in [0.5, 0.6) is 5.75 Å². The number of benzene rings is 2. The fourth-order valence-electron chi connectivity index (χ4n) is 2.41. The van der Waals surface area contributed by atoms with Crippen molar-refractivity contribution < 1.29 is 9.13 Å². The fraction of sp³-hybridized carbons (Fsp3) is 0.188. The Hall–Kier alpha value is -2.40. The van der Waals surface area contributed by atoms with Gasteiger partial charge in [-0.25, -0.2) is 4.39 Å². The van der Waals surface area contributed by atoms with E-state index in [1.165, 1.54) is 6.07 Å². The number of aromatic nitrogens is 2. The Bertz CT molecular complexity index is 782. The first kappa shape index (κ1) is 13.6. The summed E-state index contributed by atoms with van der Waals surface area (Å²) in [4.78, 5) is 0. The summed E-state index contributed by atoms with van der Waals surface area (Å²) in [7, 11) is 1.89. The molecule has 2 N–H and O–H groups in total. The average Bonchev–Trinajstić information content (AvgIpc) is 2.82. The Morgan fingerprint density at radius 2 is 2.00 bits per heavy atom. The highest BCUT2D eigenvalue weighted by Crippen LogP contribution is 2.24. The molecule has 1 aromatic heterocycles. The second-order valence-corrected chi connectivity index (χ2v) is 4.80. The van der Waals surface area contributed by atoms with Crippen molar-refractivity contribution in [2.45, 2.75) is 13.2 Å². The van der Waals surface area contributed by atoms with Gasteiger partial charge in [-0.15, -0.1) is 0 Å². The van der Waals surface area contributed by atoms with Crippen LogP contribution in [0.4, 0.5) is 4.39 Å². The molecule has 0 unspecified atom stereocenters. The van der Waals surface area contributed by atoms with Crippen LogP contribution in [0.2, 0.25) is 0 Å². The molecular weight excluding hydrogens is 269 g/mol. The second-order valence-electron chi connectivity index (χ2n) is 4.80. The monoisotopic (exact) mass is 285 g/mol. The van der Waals surface area contributed by atoms with Crippen molar-refractivity contribution >= 4 is 10.9 Å². The molecule has 0 aliphatic heterocycles. The van der Waals surface area contributed by atoms with Gasteiger partial charge in [0.25, 0.3) is 0 Å². The highest BCUT2D eigenvalue weighted by molar-refractivity contribution is 5.81. The van der Waals surface area contributed by atoms with E-state index in [0.29, 0.717) is 11.3 Å². The number of halogens is 1. The minimum Gasteiger partial charge on any atom is -0.487 e. The van der Waals surface area contributed by atoms with Gasteiger partial charge >= 0.3 is 0 Å². The molecule has 0 amide bonds. The van der Waals surface area contributed by atoms with Gasteiger partial charge in [-0.2, -0.15) is 5.10 Å². The number of rotatable bonds is 4. The van der Waals surface area contributed by atoms with Crippen LogP contribution in [0.1, 0.15) is 11.3 Å². The summed E-state index contributed by atoms with van der Waals surface area (Å²) in [6, 6.07) is 12.6. The van der Waals surface area contributed by atoms with Crippen molar-refractivity contribution in [1.29, 1.82) is 0 Å². The molecule has 5 heteroatoms. The molecule has 3 rings (SSSR count). The fourth-order valence-corrected chi connectivity index (χ4v) is 2.41. The summed E-state index contributed by atoms with van der Waals surface area (Å²) in [5.41, 5.74) is 7.82. The first-order chi connectivity index (χ1) is 10.2. The lowest BCUT2D eigenvalue weighted by Gasteiger charge is -2.10. The SMILES string of the molecule is Cn1nc(COc2cccc(F)c2CN)c2ccccc21. The molecular formula is C16H16FN3O. The summed E-state index contributed by atoms with van der Waals surface area (Å²) >= 11 is 0. The van der Waals surface area contributed by atoms with E-state index in [1.54, 1.807) is 12.1 Å². The van der Waals surface area contributed by atoms with Crippen molar-refractivity contribution in [2.75, 3.05) is 0 Å². The third kappa shape index (κ3) is 2.48. The Morgan fingerprint density at radius 1 is 1.19 bits per heavy atom. The number of para-hydroxylation sites is 1. The molecule has 0 radical (unpaired) electrons. The molecule has 0 aliphatic carbocycles. The van der Waals surface area contributed by atoms with E-state index in [2.05, 4.69) is 5.10 Å². The van der Waals surface area contributed by atoms with Crippen molar-refractivity contribution in [3.05, 3.63) is 59.5 Å². The van der Waals surface area contributed by atoms with Crippen LogP contribution in [0.15, 0.2) is 42.5 Å². The third-order valence-corrected chi connectivity index (χ3v) is 3.48. The summed E-state index contributed by atoms with van der Waals surface area (Å²) < 4.78 is 21.2. The first-order valence-electron chi connectivity index (χ1n) is 6.71. The Labute approximate surface area is 121 Å². The normalized spacial score (nSPS) is 11.0. The molecule has 0 aliphatic rings. The zero-order valence-electron chi connectivity index (χ0n) is 11.7. The number of aryl methyl sites for hydroxylation is 1. The molecule has 0 spiro atoms. The van der Waals surface area contributed by atoms with Crippen molar-refractivity contribution in [3.8, 4) is 5.75 Å². The number of ether oxygens (including phenoxy) is 1. The average molecular weight is 285 g/mol. The van der Waals surface area contributed by atoms with Crippen molar-refractivity contribution in [3.63, 3.8) is 0 Å². The van der Waals surface area contributed by atoms with Gasteiger partial charge < -0.3 is 10.5 Å². The molecule has 3 aromatic rings. The molecule has 2 aromatic carbocycles. The predicted molar refractivity (Wildman–Crippen MR) is 79.3 cm³/mol. The van der Waals surface area contributed by atoms with Crippen molar-refractivity contribution in [1.82, 2.24) is 9.78 Å². The number of hydrogen-bond acceptors (Lipinski definition) is 3. The van der Waals surface area contributed by atoms with Gasteiger partial charge in [0.15, 0.2) is 0 Å². The van der Waals surface area contributed by atoms with Gasteiger partial charge in [-0.1, -0.05) is 24.3 Å². The Balaban J connectivity index is 1.89. The summed E-state index contributed by atoms with van der Waals surface area (Å²) in [6.07, 6.45) is 0. The number of hydrogen-bond donors (Lipinski definition) is 1. The number of nitrogens with two attached hydrogens (primary N) is 1. The smallest absolute Gasteiger partial charge is 0.133 e. The van der Waals surface area contributed by atoms with Crippen LogP contribution in [0.25, 0.3) is 10.9 Å². The van der Waals surface area contributed by atoms with E-state index >= 15 is 0 Å². The maximum Gasteiger partial charge on any atom is 0.133 e. The molecule has 4 nitrogen and oxygen atoms in total. The van der Waals surface area contributed by atoms with E-state index in [1.807, 2.05) is 36.0 Å². The van der Waals surface area contributed by atoms with Crippen LogP contribution in [-0.2, 0) is 20.2 Å². The van der Waals surface area contributed by atoms with E-state index < -0.39 is 0 Å². The minimum atomic E-state index is -0.346. The minimum absolute atomic E-state index is 0.102. The molecule has 0 saturated heterocycles. The summed E-state index contributed by atoms with van der Waals surface area (Å²) in [6.45, 7) is 0.378. The van der Waals surface area contributed by atoms with E-state index in [-0.39, 0.29) is 19.0 Å². The van der Waals surface area contributed by atoms with Gasteiger partial charge in [0.05, 0.1) is 5.52 Å². The lowest BCUT2D eigenvalue weighted by molar-refractivity contribution is 0.296. The van der Waals surface area contributed by atoms with Crippen LogP contribution in [0.3, 0.4) is 0 Å². The maximum atomic E-state index is 13.7. The highest BCUT2D eigenvalue weighted by atomic mass is 19.1. The zero-order chi connectivity index (χ0) is 14.8. The second kappa shape index (κ2) is 5.54. The lowest BCUT2D eigenvalue weighted by Crippen LogP contribution is -2.05. The van der Waals surface area contributed by atoms with Crippen LogP contribution in [0, 0.1) is 5.82 Å². The lowest BCUT2D eigenvalue weighted by atomic mass is 10.2. The molecule has 0 fully saturated rings. The maximum absolute atomic E-state index is 13.7. The molecule has 108 valence electrons. The largest absolute Gasteiger partial charge is 0.487 e. The van der Waals surface area contributed by atoms with E-state index in [4.69, 9.17) is 10.5 Å². The summed E-state index contributed by atoms with van der Waals surface area (Å²) in [5.74, 6) is 0.119. The van der Waals surface area contributed by atoms with E-state index in [0.717, 1.165) is 16.6 Å². The first-order valence-corrected chi connectivity index (χ1v) is 6.71. The van der Waals surface area contributed by atoms with Crippen LogP contribution < -0.4 is 10.5 Å². The zero-order valence-corrected chi connectivity index (χ0v) is 11.7. The topological polar surface area (TPSA) is 53.1 Å². The van der Waals surface area contributed by atoms with Gasteiger partial charge in [-0.05, 0) is 18.2 Å². The van der Waals surface area contributed by atoms with Crippen LogP contribution in [-0.4, -0.2) is 9.78 Å². The molecule has 21 heavy (non-hydrogen) atoms. The summed E-state index contributed by atoms with van der Waals surface area (Å²) in [5, 5.41) is 5.48. The highest BCUT2D eigenvalue weighted by Gasteiger charge is 2.11. The van der Waals surface area contributed by atoms with Gasteiger partial charge in [0.1, 0.15) is 23.9 Å². The van der Waals surface area contributed by atoms with E-state index in [9.17, 15) is 4.39 Å². The third-order valence-electron chi connectivity index (χ3n) is 3.48. The van der Waals surface area contributed by atoms with Gasteiger partial charge in [0, 0.05) is 24.5 Å². The standard InChI is InChI=1S/C16H16FN3O/c1-20-15-7-3-2-5-11(15)14(19-20)10-21-16-8-4-6-13(17)12(16)9-18/h2-8H,9-10,18H2,1H3.